The lowest BCUT2D eigenvalue weighted by atomic mass is 9.92. The first-order chi connectivity index (χ1) is 7.47. The van der Waals surface area contributed by atoms with Crippen molar-refractivity contribution in [2.24, 2.45) is 11.7 Å². The Morgan fingerprint density at radius 1 is 1.56 bits per heavy atom. The van der Waals surface area contributed by atoms with Gasteiger partial charge in [-0.1, -0.05) is 20.3 Å². The van der Waals surface area contributed by atoms with Gasteiger partial charge in [-0.25, -0.2) is 4.39 Å². The number of nitro groups is 1. The van der Waals surface area contributed by atoms with Crippen LogP contribution in [0.3, 0.4) is 0 Å². The molecule has 88 valence electrons. The van der Waals surface area contributed by atoms with Gasteiger partial charge in [-0.3, -0.25) is 10.1 Å². The van der Waals surface area contributed by atoms with Crippen molar-refractivity contribution in [1.29, 1.82) is 0 Å². The Morgan fingerprint density at radius 2 is 2.19 bits per heavy atom. The van der Waals surface area contributed by atoms with Crippen LogP contribution >= 0.6 is 0 Å². The van der Waals surface area contributed by atoms with Gasteiger partial charge in [0.05, 0.1) is 4.92 Å². The summed E-state index contributed by atoms with van der Waals surface area (Å²) in [5, 5.41) is 10.8. The van der Waals surface area contributed by atoms with Gasteiger partial charge in [0.2, 0.25) is 0 Å². The second-order valence-electron chi connectivity index (χ2n) is 3.87. The molecule has 0 heterocycles. The van der Waals surface area contributed by atoms with E-state index in [0.29, 0.717) is 0 Å². The first-order valence-electron chi connectivity index (χ1n) is 5.16. The first-order valence-corrected chi connectivity index (χ1v) is 5.16. The molecule has 0 radical (unpaired) electrons. The molecule has 0 aliphatic rings. The second kappa shape index (κ2) is 5.03. The van der Waals surface area contributed by atoms with Crippen molar-refractivity contribution in [2.75, 3.05) is 0 Å². The quantitative estimate of drug-likeness (QED) is 0.634. The first kappa shape index (κ1) is 12.6. The van der Waals surface area contributed by atoms with Crippen LogP contribution in [0, 0.1) is 21.8 Å². The van der Waals surface area contributed by atoms with E-state index in [-0.39, 0.29) is 17.2 Å². The Hall–Kier alpha value is -1.49. The molecule has 4 nitrogen and oxygen atoms in total. The molecule has 0 fully saturated rings. The Kier molecular flexibility index (Phi) is 3.95. The number of rotatable bonds is 4. The number of hydrogen-bond acceptors (Lipinski definition) is 3. The molecule has 1 unspecified atom stereocenters. The van der Waals surface area contributed by atoms with E-state index in [2.05, 4.69) is 0 Å². The van der Waals surface area contributed by atoms with Gasteiger partial charge in [-0.05, 0) is 18.1 Å². The lowest BCUT2D eigenvalue weighted by molar-refractivity contribution is -0.385. The molecule has 0 aliphatic carbocycles. The fourth-order valence-corrected chi connectivity index (χ4v) is 1.52. The van der Waals surface area contributed by atoms with Gasteiger partial charge in [0, 0.05) is 17.7 Å². The molecule has 0 bridgehead atoms. The van der Waals surface area contributed by atoms with E-state index >= 15 is 0 Å². The molecule has 0 spiro atoms. The maximum absolute atomic E-state index is 13.1. The largest absolute Gasteiger partial charge is 0.324 e. The molecule has 0 saturated carbocycles. The van der Waals surface area contributed by atoms with Crippen molar-refractivity contribution in [3.8, 4) is 0 Å². The maximum Gasteiger partial charge on any atom is 0.274 e. The van der Waals surface area contributed by atoms with Crippen LogP contribution in [0.4, 0.5) is 10.1 Å². The Morgan fingerprint density at radius 3 is 2.69 bits per heavy atom. The average molecular weight is 226 g/mol. The van der Waals surface area contributed by atoms with Crippen molar-refractivity contribution < 1.29 is 9.31 Å². The minimum absolute atomic E-state index is 0.0699. The number of hydrogen-bond donors (Lipinski definition) is 1. The summed E-state index contributed by atoms with van der Waals surface area (Å²) in [6, 6.07) is 2.87. The summed E-state index contributed by atoms with van der Waals surface area (Å²) in [6.07, 6.45) is 0.787. The SMILES string of the molecule is CCC(C)[C@@H](N)c1cc(F)ccc1[N+](=O)[O-]. The highest BCUT2D eigenvalue weighted by Crippen LogP contribution is 2.30. The number of halogens is 1. The van der Waals surface area contributed by atoms with Gasteiger partial charge in [-0.15, -0.1) is 0 Å². The maximum atomic E-state index is 13.1. The van der Waals surface area contributed by atoms with Crippen LogP contribution in [0.5, 0.6) is 0 Å². The highest BCUT2D eigenvalue weighted by atomic mass is 19.1. The predicted molar refractivity (Wildman–Crippen MR) is 59.4 cm³/mol. The van der Waals surface area contributed by atoms with Gasteiger partial charge >= 0.3 is 0 Å². The van der Waals surface area contributed by atoms with E-state index in [9.17, 15) is 14.5 Å². The molecule has 16 heavy (non-hydrogen) atoms. The fourth-order valence-electron chi connectivity index (χ4n) is 1.52. The number of nitro benzene ring substituents is 1. The number of nitrogens with two attached hydrogens (primary N) is 1. The zero-order chi connectivity index (χ0) is 12.3. The van der Waals surface area contributed by atoms with Crippen LogP contribution < -0.4 is 5.73 Å². The lowest BCUT2D eigenvalue weighted by Gasteiger charge is -2.18. The van der Waals surface area contributed by atoms with E-state index < -0.39 is 16.8 Å². The van der Waals surface area contributed by atoms with Crippen LogP contribution in [0.25, 0.3) is 0 Å². The average Bonchev–Trinajstić information content (AvgIpc) is 2.26. The van der Waals surface area contributed by atoms with E-state index in [1.807, 2.05) is 13.8 Å². The van der Waals surface area contributed by atoms with Gasteiger partial charge < -0.3 is 5.73 Å². The minimum Gasteiger partial charge on any atom is -0.324 e. The Bertz CT molecular complexity index is 396. The van der Waals surface area contributed by atoms with E-state index in [4.69, 9.17) is 5.73 Å². The highest BCUT2D eigenvalue weighted by molar-refractivity contribution is 5.42. The third-order valence-corrected chi connectivity index (χ3v) is 2.80. The summed E-state index contributed by atoms with van der Waals surface area (Å²) in [4.78, 5) is 10.2. The molecule has 1 rings (SSSR count). The van der Waals surface area contributed by atoms with Gasteiger partial charge in [0.15, 0.2) is 0 Å². The fraction of sp³-hybridized carbons (Fsp3) is 0.455. The molecule has 0 saturated heterocycles. The van der Waals surface area contributed by atoms with Crippen molar-refractivity contribution in [3.05, 3.63) is 39.7 Å². The zero-order valence-electron chi connectivity index (χ0n) is 9.31. The zero-order valence-corrected chi connectivity index (χ0v) is 9.31. The van der Waals surface area contributed by atoms with Crippen LogP contribution in [-0.2, 0) is 0 Å². The normalized spacial score (nSPS) is 14.5. The lowest BCUT2D eigenvalue weighted by Crippen LogP contribution is -2.20. The summed E-state index contributed by atoms with van der Waals surface area (Å²) < 4.78 is 13.1. The summed E-state index contributed by atoms with van der Waals surface area (Å²) in [5.41, 5.74) is 6.03. The monoisotopic (exact) mass is 226 g/mol. The molecule has 0 amide bonds. The third-order valence-electron chi connectivity index (χ3n) is 2.80. The number of benzene rings is 1. The van der Waals surface area contributed by atoms with Gasteiger partial charge in [0.25, 0.3) is 5.69 Å². The van der Waals surface area contributed by atoms with Crippen LogP contribution in [0.15, 0.2) is 18.2 Å². The van der Waals surface area contributed by atoms with Crippen molar-refractivity contribution in [2.45, 2.75) is 26.3 Å². The minimum atomic E-state index is -0.531. The Balaban J connectivity index is 3.19. The Labute approximate surface area is 93.4 Å². The summed E-state index contributed by atoms with van der Waals surface area (Å²) in [6.45, 7) is 3.83. The molecule has 2 N–H and O–H groups in total. The molecule has 1 aromatic carbocycles. The topological polar surface area (TPSA) is 69.2 Å². The molecular weight excluding hydrogens is 211 g/mol. The van der Waals surface area contributed by atoms with E-state index in [1.54, 1.807) is 0 Å². The molecule has 2 atom stereocenters. The number of nitrogens with zero attached hydrogens (tertiary/aromatic N) is 1. The van der Waals surface area contributed by atoms with Gasteiger partial charge in [-0.2, -0.15) is 0 Å². The van der Waals surface area contributed by atoms with Gasteiger partial charge in [0.1, 0.15) is 5.82 Å². The van der Waals surface area contributed by atoms with Crippen LogP contribution in [-0.4, -0.2) is 4.92 Å². The van der Waals surface area contributed by atoms with E-state index in [0.717, 1.165) is 24.6 Å². The van der Waals surface area contributed by atoms with Crippen LogP contribution in [0.1, 0.15) is 31.9 Å². The molecule has 1 aromatic rings. The van der Waals surface area contributed by atoms with Crippen molar-refractivity contribution in [1.82, 2.24) is 0 Å². The van der Waals surface area contributed by atoms with Crippen molar-refractivity contribution in [3.63, 3.8) is 0 Å². The smallest absolute Gasteiger partial charge is 0.274 e. The summed E-state index contributed by atoms with van der Waals surface area (Å²) in [5.74, 6) is -0.431. The second-order valence-corrected chi connectivity index (χ2v) is 3.87. The molecule has 0 aromatic heterocycles. The predicted octanol–water partition coefficient (Wildman–Crippen LogP) is 2.78. The summed E-state index contributed by atoms with van der Waals surface area (Å²) in [7, 11) is 0. The molecule has 0 aliphatic heterocycles. The molecular formula is C11H15FN2O2. The summed E-state index contributed by atoms with van der Waals surface area (Å²) >= 11 is 0. The standard InChI is InChI=1S/C11H15FN2O2/c1-3-7(2)11(13)9-6-8(12)4-5-10(9)14(15)16/h4-7,11H,3,13H2,1-2H3/t7?,11-/m1/s1. The third kappa shape index (κ3) is 2.55. The molecule has 5 heteroatoms. The van der Waals surface area contributed by atoms with Crippen LogP contribution in [0.2, 0.25) is 0 Å². The van der Waals surface area contributed by atoms with E-state index in [1.165, 1.54) is 0 Å². The highest BCUT2D eigenvalue weighted by Gasteiger charge is 2.23. The van der Waals surface area contributed by atoms with Crippen molar-refractivity contribution >= 4 is 5.69 Å².